The second-order valence-electron chi connectivity index (χ2n) is 5.62. The standard InChI is InChI=1S/C18H14F3NO4/c19-18(20,21)13-2-4-14(5-3-13)22-16(23)10-26-17(24)12-1-6-15-11(9-12)7-8-25-15/h1-6,9H,7-8,10H2,(H,22,23). The number of alkyl halides is 3. The van der Waals surface area contributed by atoms with Crippen LogP contribution in [0.15, 0.2) is 42.5 Å². The number of hydrogen-bond donors (Lipinski definition) is 1. The molecule has 0 radical (unpaired) electrons. The number of carbonyl (C=O) groups excluding carboxylic acids is 2. The van der Waals surface area contributed by atoms with Gasteiger partial charge in [0.25, 0.3) is 5.91 Å². The van der Waals surface area contributed by atoms with E-state index >= 15 is 0 Å². The maximum absolute atomic E-state index is 12.5. The normalized spacial score (nSPS) is 12.9. The Hall–Kier alpha value is -3.03. The van der Waals surface area contributed by atoms with Crippen molar-refractivity contribution in [2.75, 3.05) is 18.5 Å². The van der Waals surface area contributed by atoms with Gasteiger partial charge in [-0.3, -0.25) is 4.79 Å². The largest absolute Gasteiger partial charge is 0.493 e. The van der Waals surface area contributed by atoms with Crippen molar-refractivity contribution in [3.05, 3.63) is 59.2 Å². The lowest BCUT2D eigenvalue weighted by molar-refractivity contribution is -0.137. The second-order valence-corrected chi connectivity index (χ2v) is 5.62. The molecule has 1 heterocycles. The highest BCUT2D eigenvalue weighted by atomic mass is 19.4. The van der Waals surface area contributed by atoms with Gasteiger partial charge in [0.1, 0.15) is 5.75 Å². The second kappa shape index (κ2) is 7.07. The summed E-state index contributed by atoms with van der Waals surface area (Å²) in [5, 5.41) is 2.37. The summed E-state index contributed by atoms with van der Waals surface area (Å²) in [7, 11) is 0. The first-order valence-corrected chi connectivity index (χ1v) is 7.73. The van der Waals surface area contributed by atoms with Gasteiger partial charge in [-0.15, -0.1) is 0 Å². The molecular weight excluding hydrogens is 351 g/mol. The molecule has 136 valence electrons. The van der Waals surface area contributed by atoms with Crippen LogP contribution in [-0.4, -0.2) is 25.1 Å². The zero-order chi connectivity index (χ0) is 18.7. The minimum atomic E-state index is -4.45. The van der Waals surface area contributed by atoms with Crippen LogP contribution in [0.2, 0.25) is 0 Å². The summed E-state index contributed by atoms with van der Waals surface area (Å²) in [6, 6.07) is 8.83. The Morgan fingerprint density at radius 2 is 1.85 bits per heavy atom. The first-order valence-electron chi connectivity index (χ1n) is 7.73. The lowest BCUT2D eigenvalue weighted by Gasteiger charge is -2.09. The SMILES string of the molecule is O=C(COC(=O)c1ccc2c(c1)CCO2)Nc1ccc(C(F)(F)F)cc1. The fraction of sp³-hybridized carbons (Fsp3) is 0.222. The van der Waals surface area contributed by atoms with Gasteiger partial charge in [-0.2, -0.15) is 13.2 Å². The number of fused-ring (bicyclic) bond motifs is 1. The first-order chi connectivity index (χ1) is 12.3. The molecule has 1 aliphatic heterocycles. The van der Waals surface area contributed by atoms with Gasteiger partial charge in [0.15, 0.2) is 6.61 Å². The van der Waals surface area contributed by atoms with Gasteiger partial charge >= 0.3 is 12.1 Å². The molecule has 26 heavy (non-hydrogen) atoms. The van der Waals surface area contributed by atoms with Gasteiger partial charge < -0.3 is 14.8 Å². The summed E-state index contributed by atoms with van der Waals surface area (Å²) in [4.78, 5) is 23.8. The van der Waals surface area contributed by atoms with E-state index in [1.165, 1.54) is 0 Å². The molecule has 0 atom stereocenters. The van der Waals surface area contributed by atoms with Crippen molar-refractivity contribution in [2.45, 2.75) is 12.6 Å². The Kier molecular flexibility index (Phi) is 4.83. The number of halogens is 3. The third-order valence-electron chi connectivity index (χ3n) is 3.76. The molecule has 0 aromatic heterocycles. The minimum Gasteiger partial charge on any atom is -0.493 e. The van der Waals surface area contributed by atoms with Crippen LogP contribution in [0.25, 0.3) is 0 Å². The highest BCUT2D eigenvalue weighted by molar-refractivity contribution is 5.95. The molecule has 2 aromatic rings. The summed E-state index contributed by atoms with van der Waals surface area (Å²) < 4.78 is 47.7. The van der Waals surface area contributed by atoms with Gasteiger partial charge in [-0.05, 0) is 48.0 Å². The van der Waals surface area contributed by atoms with Crippen molar-refractivity contribution < 1.29 is 32.2 Å². The fourth-order valence-corrected chi connectivity index (χ4v) is 2.47. The van der Waals surface area contributed by atoms with E-state index in [1.807, 2.05) is 0 Å². The van der Waals surface area contributed by atoms with Crippen LogP contribution >= 0.6 is 0 Å². The number of benzene rings is 2. The average molecular weight is 365 g/mol. The van der Waals surface area contributed by atoms with Crippen molar-refractivity contribution in [2.24, 2.45) is 0 Å². The number of amides is 1. The van der Waals surface area contributed by atoms with Crippen molar-refractivity contribution >= 4 is 17.6 Å². The summed E-state index contributed by atoms with van der Waals surface area (Å²) >= 11 is 0. The van der Waals surface area contributed by atoms with Crippen molar-refractivity contribution in [3.63, 3.8) is 0 Å². The van der Waals surface area contributed by atoms with Gasteiger partial charge in [0.05, 0.1) is 17.7 Å². The molecule has 2 aromatic carbocycles. The molecule has 1 N–H and O–H groups in total. The van der Waals surface area contributed by atoms with Crippen molar-refractivity contribution in [3.8, 4) is 5.75 Å². The molecule has 0 saturated heterocycles. The minimum absolute atomic E-state index is 0.175. The van der Waals surface area contributed by atoms with E-state index in [2.05, 4.69) is 5.32 Å². The van der Waals surface area contributed by atoms with Crippen LogP contribution in [0.3, 0.4) is 0 Å². The number of hydrogen-bond acceptors (Lipinski definition) is 4. The molecule has 0 bridgehead atoms. The van der Waals surface area contributed by atoms with E-state index in [9.17, 15) is 22.8 Å². The molecule has 5 nitrogen and oxygen atoms in total. The number of anilines is 1. The summed E-state index contributed by atoms with van der Waals surface area (Å²) in [5.74, 6) is -0.591. The Labute approximate surface area is 146 Å². The predicted molar refractivity (Wildman–Crippen MR) is 86.0 cm³/mol. The van der Waals surface area contributed by atoms with E-state index in [0.29, 0.717) is 18.6 Å². The highest BCUT2D eigenvalue weighted by Gasteiger charge is 2.30. The average Bonchev–Trinajstić information content (AvgIpc) is 3.07. The van der Waals surface area contributed by atoms with Gasteiger partial charge in [0.2, 0.25) is 0 Å². The monoisotopic (exact) mass is 365 g/mol. The molecule has 0 fully saturated rings. The summed E-state index contributed by atoms with van der Waals surface area (Å²) in [5.41, 5.74) is 0.557. The van der Waals surface area contributed by atoms with E-state index in [0.717, 1.165) is 35.6 Å². The van der Waals surface area contributed by atoms with Gasteiger partial charge in [0, 0.05) is 12.1 Å². The zero-order valence-corrected chi connectivity index (χ0v) is 13.4. The molecule has 3 rings (SSSR count). The van der Waals surface area contributed by atoms with E-state index in [-0.39, 0.29) is 5.69 Å². The number of rotatable bonds is 4. The molecule has 8 heteroatoms. The Morgan fingerprint density at radius 3 is 2.54 bits per heavy atom. The van der Waals surface area contributed by atoms with Crippen LogP contribution in [0, 0.1) is 0 Å². The topological polar surface area (TPSA) is 64.6 Å². The third-order valence-corrected chi connectivity index (χ3v) is 3.76. The van der Waals surface area contributed by atoms with Crippen LogP contribution in [0.5, 0.6) is 5.75 Å². The smallest absolute Gasteiger partial charge is 0.416 e. The number of esters is 1. The van der Waals surface area contributed by atoms with E-state index < -0.39 is 30.2 Å². The van der Waals surface area contributed by atoms with Crippen LogP contribution in [0.1, 0.15) is 21.5 Å². The number of carbonyl (C=O) groups is 2. The maximum atomic E-state index is 12.5. The number of ether oxygens (including phenoxy) is 2. The predicted octanol–water partition coefficient (Wildman–Crippen LogP) is 3.44. The summed E-state index contributed by atoms with van der Waals surface area (Å²) in [6.07, 6.45) is -3.75. The Bertz CT molecular complexity index is 831. The van der Waals surface area contributed by atoms with Crippen LogP contribution in [-0.2, 0) is 22.1 Å². The number of nitrogens with one attached hydrogen (secondary N) is 1. The van der Waals surface area contributed by atoms with Gasteiger partial charge in [-0.25, -0.2) is 4.79 Å². The highest BCUT2D eigenvalue weighted by Crippen LogP contribution is 2.30. The molecule has 0 unspecified atom stereocenters. The molecule has 0 aliphatic carbocycles. The van der Waals surface area contributed by atoms with E-state index in [1.54, 1.807) is 18.2 Å². The lowest BCUT2D eigenvalue weighted by atomic mass is 10.1. The molecule has 1 aliphatic rings. The van der Waals surface area contributed by atoms with Crippen molar-refractivity contribution in [1.29, 1.82) is 0 Å². The van der Waals surface area contributed by atoms with Crippen LogP contribution in [0.4, 0.5) is 18.9 Å². The molecule has 0 saturated carbocycles. The quantitative estimate of drug-likeness (QED) is 0.843. The van der Waals surface area contributed by atoms with E-state index in [4.69, 9.17) is 9.47 Å². The maximum Gasteiger partial charge on any atom is 0.416 e. The Morgan fingerprint density at radius 1 is 1.12 bits per heavy atom. The molecule has 0 spiro atoms. The first kappa shape index (κ1) is 17.8. The van der Waals surface area contributed by atoms with Crippen molar-refractivity contribution in [1.82, 2.24) is 0 Å². The zero-order valence-electron chi connectivity index (χ0n) is 13.4. The lowest BCUT2D eigenvalue weighted by Crippen LogP contribution is -2.21. The third kappa shape index (κ3) is 4.14. The van der Waals surface area contributed by atoms with Crippen LogP contribution < -0.4 is 10.1 Å². The Balaban J connectivity index is 1.53. The molecule has 1 amide bonds. The fourth-order valence-electron chi connectivity index (χ4n) is 2.47. The summed E-state index contributed by atoms with van der Waals surface area (Å²) in [6.45, 7) is 0.0107. The van der Waals surface area contributed by atoms with Gasteiger partial charge in [-0.1, -0.05) is 0 Å². The molecular formula is C18H14F3NO4.